The van der Waals surface area contributed by atoms with Crippen molar-refractivity contribution >= 4 is 11.9 Å². The molecule has 2 heterocycles. The van der Waals surface area contributed by atoms with Crippen LogP contribution in [-0.2, 0) is 11.3 Å². The van der Waals surface area contributed by atoms with Crippen LogP contribution in [0.15, 0.2) is 24.3 Å². The van der Waals surface area contributed by atoms with Crippen LogP contribution in [0.5, 0.6) is 0 Å². The van der Waals surface area contributed by atoms with E-state index in [2.05, 4.69) is 5.32 Å². The van der Waals surface area contributed by atoms with Crippen LogP contribution in [0, 0.1) is 11.2 Å². The minimum Gasteiger partial charge on any atom is -0.342 e. The average molecular weight is 347 g/mol. The molecule has 2 saturated heterocycles. The van der Waals surface area contributed by atoms with E-state index in [1.54, 1.807) is 23.1 Å². The third-order valence-electron chi connectivity index (χ3n) is 5.63. The van der Waals surface area contributed by atoms with Crippen LogP contribution >= 0.6 is 0 Å². The van der Waals surface area contributed by atoms with Gasteiger partial charge in [0.05, 0.1) is 0 Å². The molecule has 3 rings (SSSR count). The number of urea groups is 1. The molecule has 0 unspecified atom stereocenters. The fourth-order valence-electron chi connectivity index (χ4n) is 3.91. The Hall–Kier alpha value is -2.11. The van der Waals surface area contributed by atoms with Gasteiger partial charge in [-0.25, -0.2) is 9.18 Å². The first-order valence-electron chi connectivity index (χ1n) is 9.07. The van der Waals surface area contributed by atoms with Crippen molar-refractivity contribution in [2.75, 3.05) is 26.2 Å². The lowest BCUT2D eigenvalue weighted by Crippen LogP contribution is -2.53. The Morgan fingerprint density at radius 3 is 2.64 bits per heavy atom. The van der Waals surface area contributed by atoms with Gasteiger partial charge in [-0.3, -0.25) is 4.79 Å². The van der Waals surface area contributed by atoms with Gasteiger partial charge in [0.1, 0.15) is 5.82 Å². The van der Waals surface area contributed by atoms with Crippen molar-refractivity contribution < 1.29 is 14.0 Å². The van der Waals surface area contributed by atoms with E-state index in [-0.39, 0.29) is 29.7 Å². The minimum absolute atomic E-state index is 0.141. The van der Waals surface area contributed by atoms with Gasteiger partial charge in [-0.2, -0.15) is 0 Å². The number of amides is 3. The highest BCUT2D eigenvalue weighted by molar-refractivity contribution is 5.77. The number of nitrogens with one attached hydrogen (secondary N) is 1. The van der Waals surface area contributed by atoms with Gasteiger partial charge in [0, 0.05) is 44.7 Å². The molecular weight excluding hydrogens is 321 g/mol. The largest absolute Gasteiger partial charge is 0.342 e. The monoisotopic (exact) mass is 347 g/mol. The highest BCUT2D eigenvalue weighted by atomic mass is 19.1. The van der Waals surface area contributed by atoms with Crippen molar-refractivity contribution in [3.63, 3.8) is 0 Å². The van der Waals surface area contributed by atoms with Crippen molar-refractivity contribution in [3.05, 3.63) is 35.6 Å². The third-order valence-corrected chi connectivity index (χ3v) is 5.63. The van der Waals surface area contributed by atoms with E-state index >= 15 is 0 Å². The number of halogens is 1. The molecule has 6 heteroatoms. The summed E-state index contributed by atoms with van der Waals surface area (Å²) in [5.41, 5.74) is 0.653. The molecule has 0 bridgehead atoms. The van der Waals surface area contributed by atoms with Gasteiger partial charge in [-0.05, 0) is 37.7 Å². The number of hydrogen-bond donors (Lipinski definition) is 1. The standard InChI is InChI=1S/C19H26FN3O2/c1-2-22-14-19(8-7-17(22)24)9-11-23(12-10-19)18(25)21-13-15-5-3-4-6-16(15)20/h3-6H,2,7-14H2,1H3,(H,21,25). The molecule has 0 radical (unpaired) electrons. The lowest BCUT2D eigenvalue weighted by Gasteiger charge is -2.47. The lowest BCUT2D eigenvalue weighted by molar-refractivity contribution is -0.138. The Morgan fingerprint density at radius 1 is 1.24 bits per heavy atom. The molecule has 1 aromatic rings. The Bertz CT molecular complexity index is 641. The molecule has 1 aromatic carbocycles. The minimum atomic E-state index is -0.299. The molecule has 5 nitrogen and oxygen atoms in total. The predicted molar refractivity (Wildman–Crippen MR) is 93.4 cm³/mol. The molecule has 0 saturated carbocycles. The summed E-state index contributed by atoms with van der Waals surface area (Å²) in [6.07, 6.45) is 3.38. The molecule has 3 amide bonds. The van der Waals surface area contributed by atoms with Gasteiger partial charge in [-0.1, -0.05) is 18.2 Å². The SMILES string of the molecule is CCN1CC2(CCC1=O)CCN(C(=O)NCc1ccccc1F)CC2. The molecule has 0 atom stereocenters. The number of likely N-dealkylation sites (tertiary alicyclic amines) is 2. The van der Waals surface area contributed by atoms with Gasteiger partial charge < -0.3 is 15.1 Å². The zero-order chi connectivity index (χ0) is 17.9. The van der Waals surface area contributed by atoms with Crippen LogP contribution in [0.25, 0.3) is 0 Å². The number of carbonyl (C=O) groups excluding carboxylic acids is 2. The van der Waals surface area contributed by atoms with E-state index in [1.807, 2.05) is 11.8 Å². The molecule has 2 fully saturated rings. The lowest BCUT2D eigenvalue weighted by atomic mass is 9.72. The van der Waals surface area contributed by atoms with Crippen molar-refractivity contribution in [3.8, 4) is 0 Å². The van der Waals surface area contributed by atoms with Crippen LogP contribution in [-0.4, -0.2) is 47.9 Å². The summed E-state index contributed by atoms with van der Waals surface area (Å²) >= 11 is 0. The quantitative estimate of drug-likeness (QED) is 0.914. The molecule has 1 spiro atoms. The van der Waals surface area contributed by atoms with Gasteiger partial charge in [0.2, 0.25) is 5.91 Å². The second-order valence-electron chi connectivity index (χ2n) is 7.15. The molecule has 25 heavy (non-hydrogen) atoms. The first-order chi connectivity index (χ1) is 12.0. The van der Waals surface area contributed by atoms with E-state index in [4.69, 9.17) is 0 Å². The number of carbonyl (C=O) groups is 2. The van der Waals surface area contributed by atoms with Gasteiger partial charge in [0.25, 0.3) is 0 Å². The summed E-state index contributed by atoms with van der Waals surface area (Å²) in [6, 6.07) is 6.34. The number of piperidine rings is 2. The van der Waals surface area contributed by atoms with Gasteiger partial charge in [0.15, 0.2) is 0 Å². The zero-order valence-corrected chi connectivity index (χ0v) is 14.8. The Labute approximate surface area is 148 Å². The van der Waals surface area contributed by atoms with E-state index in [0.29, 0.717) is 25.1 Å². The van der Waals surface area contributed by atoms with Gasteiger partial charge >= 0.3 is 6.03 Å². The number of rotatable bonds is 3. The zero-order valence-electron chi connectivity index (χ0n) is 14.8. The Morgan fingerprint density at radius 2 is 1.96 bits per heavy atom. The first kappa shape index (κ1) is 17.7. The fraction of sp³-hybridized carbons (Fsp3) is 0.579. The predicted octanol–water partition coefficient (Wildman–Crippen LogP) is 2.76. The normalized spacial score (nSPS) is 20.0. The van der Waals surface area contributed by atoms with Crippen LogP contribution in [0.3, 0.4) is 0 Å². The van der Waals surface area contributed by atoms with Gasteiger partial charge in [-0.15, -0.1) is 0 Å². The van der Waals surface area contributed by atoms with Crippen molar-refractivity contribution in [1.82, 2.24) is 15.1 Å². The summed E-state index contributed by atoms with van der Waals surface area (Å²) in [5.74, 6) is -0.0508. The number of hydrogen-bond acceptors (Lipinski definition) is 2. The van der Waals surface area contributed by atoms with Crippen LogP contribution < -0.4 is 5.32 Å². The smallest absolute Gasteiger partial charge is 0.317 e. The molecule has 1 N–H and O–H groups in total. The molecule has 2 aliphatic heterocycles. The second kappa shape index (κ2) is 7.42. The summed E-state index contributed by atoms with van der Waals surface area (Å²) in [6.45, 7) is 5.16. The topological polar surface area (TPSA) is 52.7 Å². The maximum atomic E-state index is 13.6. The van der Waals surface area contributed by atoms with E-state index in [1.165, 1.54) is 6.07 Å². The fourth-order valence-corrected chi connectivity index (χ4v) is 3.91. The maximum absolute atomic E-state index is 13.6. The van der Waals surface area contributed by atoms with Crippen molar-refractivity contribution in [2.45, 2.75) is 39.2 Å². The molecule has 2 aliphatic rings. The van der Waals surface area contributed by atoms with E-state index in [9.17, 15) is 14.0 Å². The van der Waals surface area contributed by atoms with Crippen LogP contribution in [0.4, 0.5) is 9.18 Å². The summed E-state index contributed by atoms with van der Waals surface area (Å²) in [7, 11) is 0. The highest BCUT2D eigenvalue weighted by Gasteiger charge is 2.41. The number of benzene rings is 1. The third kappa shape index (κ3) is 3.94. The van der Waals surface area contributed by atoms with Crippen molar-refractivity contribution in [2.24, 2.45) is 5.41 Å². The maximum Gasteiger partial charge on any atom is 0.317 e. The Kier molecular flexibility index (Phi) is 5.25. The molecule has 136 valence electrons. The first-order valence-corrected chi connectivity index (χ1v) is 9.07. The number of nitrogens with zero attached hydrogens (tertiary/aromatic N) is 2. The van der Waals surface area contributed by atoms with E-state index < -0.39 is 0 Å². The summed E-state index contributed by atoms with van der Waals surface area (Å²) in [5, 5.41) is 2.81. The molecular formula is C19H26FN3O2. The molecule has 0 aromatic heterocycles. The molecule has 0 aliphatic carbocycles. The van der Waals surface area contributed by atoms with E-state index in [0.717, 1.165) is 32.4 Å². The van der Waals surface area contributed by atoms with Crippen LogP contribution in [0.1, 0.15) is 38.2 Å². The summed E-state index contributed by atoms with van der Waals surface area (Å²) < 4.78 is 13.6. The van der Waals surface area contributed by atoms with Crippen LogP contribution in [0.2, 0.25) is 0 Å². The average Bonchev–Trinajstić information content (AvgIpc) is 2.63. The summed E-state index contributed by atoms with van der Waals surface area (Å²) in [4.78, 5) is 28.0. The van der Waals surface area contributed by atoms with Crippen molar-refractivity contribution in [1.29, 1.82) is 0 Å². The Balaban J connectivity index is 1.51. The highest BCUT2D eigenvalue weighted by Crippen LogP contribution is 2.40. The second-order valence-corrected chi connectivity index (χ2v) is 7.15.